The summed E-state index contributed by atoms with van der Waals surface area (Å²) in [4.78, 5) is 15.0. The number of benzene rings is 2. The van der Waals surface area contributed by atoms with E-state index in [4.69, 9.17) is 11.6 Å². The molecule has 0 bridgehead atoms. The van der Waals surface area contributed by atoms with E-state index >= 15 is 0 Å². The Balaban J connectivity index is 1.82. The molecule has 0 fully saturated rings. The summed E-state index contributed by atoms with van der Waals surface area (Å²) in [6.07, 6.45) is 0.339. The number of halogens is 1. The lowest BCUT2D eigenvalue weighted by Crippen LogP contribution is -2.19. The SMILES string of the molecule is Cc1ccc(Nc2nnc(Cc3ccccc3Cl)c(=O)[nH]2)c(C)c1. The second kappa shape index (κ2) is 6.84. The zero-order chi connectivity index (χ0) is 17.1. The minimum Gasteiger partial charge on any atom is -0.324 e. The third-order valence-corrected chi connectivity index (χ3v) is 4.08. The van der Waals surface area contributed by atoms with E-state index in [9.17, 15) is 4.79 Å². The topological polar surface area (TPSA) is 70.7 Å². The van der Waals surface area contributed by atoms with Crippen molar-refractivity contribution in [2.75, 3.05) is 5.32 Å². The van der Waals surface area contributed by atoms with Crippen LogP contribution in [0.5, 0.6) is 0 Å². The largest absolute Gasteiger partial charge is 0.324 e. The second-order valence-corrected chi connectivity index (χ2v) is 6.07. The van der Waals surface area contributed by atoms with Gasteiger partial charge in [-0.15, -0.1) is 10.2 Å². The van der Waals surface area contributed by atoms with Crippen LogP contribution >= 0.6 is 11.6 Å². The number of rotatable bonds is 4. The third kappa shape index (κ3) is 3.63. The Morgan fingerprint density at radius 3 is 2.62 bits per heavy atom. The first-order valence-electron chi connectivity index (χ1n) is 7.56. The Morgan fingerprint density at radius 1 is 1.12 bits per heavy atom. The lowest BCUT2D eigenvalue weighted by atomic mass is 10.1. The highest BCUT2D eigenvalue weighted by Crippen LogP contribution is 2.19. The summed E-state index contributed by atoms with van der Waals surface area (Å²) < 4.78 is 0. The second-order valence-electron chi connectivity index (χ2n) is 5.66. The van der Waals surface area contributed by atoms with Crippen LogP contribution < -0.4 is 10.9 Å². The first-order chi connectivity index (χ1) is 11.5. The summed E-state index contributed by atoms with van der Waals surface area (Å²) in [5.74, 6) is 0.315. The maximum atomic E-state index is 12.2. The Kier molecular flexibility index (Phi) is 4.62. The lowest BCUT2D eigenvalue weighted by Gasteiger charge is -2.09. The highest BCUT2D eigenvalue weighted by Gasteiger charge is 2.09. The lowest BCUT2D eigenvalue weighted by molar-refractivity contribution is 0.874. The van der Waals surface area contributed by atoms with Crippen molar-refractivity contribution in [3.8, 4) is 0 Å². The van der Waals surface area contributed by atoms with Gasteiger partial charge in [-0.1, -0.05) is 47.5 Å². The van der Waals surface area contributed by atoms with Crippen LogP contribution in [0.4, 0.5) is 11.6 Å². The van der Waals surface area contributed by atoms with Crippen molar-refractivity contribution in [2.24, 2.45) is 0 Å². The molecule has 1 heterocycles. The van der Waals surface area contributed by atoms with Crippen LogP contribution in [0.1, 0.15) is 22.4 Å². The van der Waals surface area contributed by atoms with Gasteiger partial charge >= 0.3 is 0 Å². The molecule has 0 aliphatic heterocycles. The van der Waals surface area contributed by atoms with Gasteiger partial charge in [0.05, 0.1) is 0 Å². The number of aromatic amines is 1. The Labute approximate surface area is 144 Å². The van der Waals surface area contributed by atoms with Crippen LogP contribution in [-0.4, -0.2) is 15.2 Å². The molecule has 1 aromatic heterocycles. The average molecular weight is 341 g/mol. The molecule has 2 aromatic carbocycles. The summed E-state index contributed by atoms with van der Waals surface area (Å²) in [7, 11) is 0. The minimum absolute atomic E-state index is 0.280. The van der Waals surface area contributed by atoms with Gasteiger partial charge in [-0.25, -0.2) is 0 Å². The van der Waals surface area contributed by atoms with Crippen LogP contribution in [0.2, 0.25) is 5.02 Å². The highest BCUT2D eigenvalue weighted by atomic mass is 35.5. The zero-order valence-electron chi connectivity index (χ0n) is 13.4. The van der Waals surface area contributed by atoms with E-state index < -0.39 is 0 Å². The first kappa shape index (κ1) is 16.2. The van der Waals surface area contributed by atoms with E-state index in [2.05, 4.69) is 26.6 Å². The predicted octanol–water partition coefficient (Wildman–Crippen LogP) is 3.77. The number of anilines is 2. The molecule has 0 amide bonds. The van der Waals surface area contributed by atoms with Crippen molar-refractivity contribution in [3.63, 3.8) is 0 Å². The first-order valence-corrected chi connectivity index (χ1v) is 7.94. The normalized spacial score (nSPS) is 10.6. The summed E-state index contributed by atoms with van der Waals surface area (Å²) in [5, 5.41) is 11.8. The summed E-state index contributed by atoms with van der Waals surface area (Å²) >= 11 is 6.12. The number of nitrogens with one attached hydrogen (secondary N) is 2. The monoisotopic (exact) mass is 340 g/mol. The Morgan fingerprint density at radius 2 is 1.92 bits per heavy atom. The fourth-order valence-electron chi connectivity index (χ4n) is 2.44. The zero-order valence-corrected chi connectivity index (χ0v) is 14.2. The molecule has 0 saturated carbocycles. The summed E-state index contributed by atoms with van der Waals surface area (Å²) in [5.41, 5.74) is 4.01. The Hall–Kier alpha value is -2.66. The Bertz CT molecular complexity index is 936. The van der Waals surface area contributed by atoms with E-state index in [1.807, 2.05) is 44.2 Å². The van der Waals surface area contributed by atoms with Crippen molar-refractivity contribution in [2.45, 2.75) is 20.3 Å². The molecular formula is C18H17ClN4O. The molecule has 0 aliphatic carbocycles. The van der Waals surface area contributed by atoms with E-state index in [1.54, 1.807) is 6.07 Å². The van der Waals surface area contributed by atoms with Gasteiger partial charge in [0.2, 0.25) is 5.95 Å². The maximum Gasteiger partial charge on any atom is 0.274 e. The number of hydrogen-bond acceptors (Lipinski definition) is 4. The number of aryl methyl sites for hydroxylation is 2. The van der Waals surface area contributed by atoms with Crippen molar-refractivity contribution >= 4 is 23.2 Å². The summed E-state index contributed by atoms with van der Waals surface area (Å²) in [6, 6.07) is 13.4. The standard InChI is InChI=1S/C18H17ClN4O/c1-11-7-8-15(12(2)9-11)20-18-21-17(24)16(22-23-18)10-13-5-3-4-6-14(13)19/h3-9H,10H2,1-2H3,(H2,20,21,23,24). The van der Waals surface area contributed by atoms with E-state index in [0.717, 1.165) is 16.8 Å². The van der Waals surface area contributed by atoms with Gasteiger partial charge in [-0.2, -0.15) is 0 Å². The predicted molar refractivity (Wildman–Crippen MR) is 96.1 cm³/mol. The molecule has 0 unspecified atom stereocenters. The third-order valence-electron chi connectivity index (χ3n) is 3.72. The van der Waals surface area contributed by atoms with Gasteiger partial charge in [0.25, 0.3) is 5.56 Å². The molecule has 0 radical (unpaired) electrons. The van der Waals surface area contributed by atoms with E-state index in [1.165, 1.54) is 5.56 Å². The molecule has 0 atom stereocenters. The minimum atomic E-state index is -0.280. The van der Waals surface area contributed by atoms with Crippen molar-refractivity contribution in [1.29, 1.82) is 0 Å². The van der Waals surface area contributed by atoms with Gasteiger partial charge in [0.15, 0.2) is 0 Å². The van der Waals surface area contributed by atoms with Crippen molar-refractivity contribution < 1.29 is 0 Å². The molecule has 0 spiro atoms. The molecule has 5 nitrogen and oxygen atoms in total. The van der Waals surface area contributed by atoms with Crippen LogP contribution in [0.15, 0.2) is 47.3 Å². The summed E-state index contributed by atoms with van der Waals surface area (Å²) in [6.45, 7) is 4.02. The molecule has 6 heteroatoms. The molecule has 2 N–H and O–H groups in total. The number of nitrogens with zero attached hydrogens (tertiary/aromatic N) is 2. The van der Waals surface area contributed by atoms with Crippen molar-refractivity contribution in [3.05, 3.63) is 80.2 Å². The van der Waals surface area contributed by atoms with Gasteiger partial charge in [-0.05, 0) is 37.1 Å². The van der Waals surface area contributed by atoms with Gasteiger partial charge < -0.3 is 5.32 Å². The van der Waals surface area contributed by atoms with Crippen LogP contribution in [0, 0.1) is 13.8 Å². The number of hydrogen-bond donors (Lipinski definition) is 2. The van der Waals surface area contributed by atoms with Gasteiger partial charge in [0.1, 0.15) is 5.69 Å². The van der Waals surface area contributed by atoms with Crippen LogP contribution in [-0.2, 0) is 6.42 Å². The molecule has 0 saturated heterocycles. The quantitative estimate of drug-likeness (QED) is 0.758. The van der Waals surface area contributed by atoms with E-state index in [-0.39, 0.29) is 5.56 Å². The molecule has 3 aromatic rings. The number of aromatic nitrogens is 3. The van der Waals surface area contributed by atoms with Gasteiger partial charge in [-0.3, -0.25) is 9.78 Å². The van der Waals surface area contributed by atoms with Crippen LogP contribution in [0.25, 0.3) is 0 Å². The molecule has 122 valence electrons. The molecule has 3 rings (SSSR count). The molecular weight excluding hydrogens is 324 g/mol. The maximum absolute atomic E-state index is 12.2. The molecule has 0 aliphatic rings. The van der Waals surface area contributed by atoms with E-state index in [0.29, 0.717) is 23.1 Å². The number of H-pyrrole nitrogens is 1. The smallest absolute Gasteiger partial charge is 0.274 e. The van der Waals surface area contributed by atoms with Crippen molar-refractivity contribution in [1.82, 2.24) is 15.2 Å². The van der Waals surface area contributed by atoms with Gasteiger partial charge in [0, 0.05) is 17.1 Å². The highest BCUT2D eigenvalue weighted by molar-refractivity contribution is 6.31. The van der Waals surface area contributed by atoms with Crippen LogP contribution in [0.3, 0.4) is 0 Å². The molecule has 24 heavy (non-hydrogen) atoms. The fraction of sp³-hybridized carbons (Fsp3) is 0.167. The average Bonchev–Trinajstić information content (AvgIpc) is 2.54. The fourth-order valence-corrected chi connectivity index (χ4v) is 2.64.